The third kappa shape index (κ3) is 2.61. The van der Waals surface area contributed by atoms with E-state index in [1.165, 1.54) is 11.8 Å². The normalized spacial score (nSPS) is 16.6. The number of H-pyrrole nitrogens is 2. The molecule has 23 heavy (non-hydrogen) atoms. The molecule has 1 aliphatic rings. The second-order valence-corrected chi connectivity index (χ2v) is 5.97. The minimum absolute atomic E-state index is 0.226. The number of imidazole rings is 1. The molecule has 0 saturated heterocycles. The summed E-state index contributed by atoms with van der Waals surface area (Å²) in [6.07, 6.45) is 7.23. The SMILES string of the molecule is CSc1nc(=NC2CC2)n2ncc(=Cc3[nH]c(=O)[nH]c3O)c2n1. The van der Waals surface area contributed by atoms with Gasteiger partial charge < -0.3 is 10.1 Å². The molecular weight excluding hydrogens is 318 g/mol. The van der Waals surface area contributed by atoms with Crippen LogP contribution >= 0.6 is 11.8 Å². The molecule has 0 atom stereocenters. The van der Waals surface area contributed by atoms with Crippen LogP contribution in [-0.4, -0.2) is 47.0 Å². The Morgan fingerprint density at radius 1 is 1.43 bits per heavy atom. The number of aromatic nitrogens is 6. The molecule has 0 bridgehead atoms. The number of fused-ring (bicyclic) bond motifs is 1. The molecule has 0 aromatic carbocycles. The predicted octanol–water partition coefficient (Wildman–Crippen LogP) is -0.821. The smallest absolute Gasteiger partial charge is 0.326 e. The van der Waals surface area contributed by atoms with E-state index in [-0.39, 0.29) is 11.6 Å². The first-order valence-electron chi connectivity index (χ1n) is 7.00. The summed E-state index contributed by atoms with van der Waals surface area (Å²) >= 11 is 1.42. The van der Waals surface area contributed by atoms with Crippen molar-refractivity contribution in [2.24, 2.45) is 4.99 Å². The lowest BCUT2D eigenvalue weighted by Gasteiger charge is -1.97. The molecule has 3 aromatic rings. The van der Waals surface area contributed by atoms with Crippen molar-refractivity contribution in [2.75, 3.05) is 6.26 Å². The molecule has 1 saturated carbocycles. The minimum atomic E-state index is -0.478. The number of nitrogens with zero attached hydrogens (tertiary/aromatic N) is 5. The molecule has 3 aromatic heterocycles. The molecule has 4 rings (SSSR count). The van der Waals surface area contributed by atoms with Gasteiger partial charge in [0.05, 0.1) is 12.2 Å². The summed E-state index contributed by atoms with van der Waals surface area (Å²) in [5, 5.41) is 15.2. The fourth-order valence-electron chi connectivity index (χ4n) is 2.15. The topological polar surface area (TPSA) is 124 Å². The fraction of sp³-hybridized carbons (Fsp3) is 0.308. The van der Waals surface area contributed by atoms with Crippen molar-refractivity contribution in [3.63, 3.8) is 0 Å². The highest BCUT2D eigenvalue weighted by Gasteiger charge is 2.20. The third-order valence-electron chi connectivity index (χ3n) is 3.42. The number of nitrogens with one attached hydrogen (secondary N) is 2. The van der Waals surface area contributed by atoms with Crippen LogP contribution in [0, 0.1) is 0 Å². The molecule has 118 valence electrons. The van der Waals surface area contributed by atoms with Gasteiger partial charge >= 0.3 is 5.69 Å². The van der Waals surface area contributed by atoms with Crippen LogP contribution in [0.3, 0.4) is 0 Å². The van der Waals surface area contributed by atoms with Crippen molar-refractivity contribution in [1.82, 2.24) is 29.5 Å². The second-order valence-electron chi connectivity index (χ2n) is 5.19. The van der Waals surface area contributed by atoms with Crippen LogP contribution in [0.25, 0.3) is 11.7 Å². The molecular formula is C13H13N7O2S. The summed E-state index contributed by atoms with van der Waals surface area (Å²) in [4.78, 5) is 29.4. The maximum Gasteiger partial charge on any atom is 0.326 e. The van der Waals surface area contributed by atoms with Gasteiger partial charge in [0.1, 0.15) is 5.69 Å². The number of hydrogen-bond acceptors (Lipinski definition) is 7. The highest BCUT2D eigenvalue weighted by molar-refractivity contribution is 7.98. The van der Waals surface area contributed by atoms with Gasteiger partial charge in [-0.2, -0.15) is 14.6 Å². The molecule has 0 unspecified atom stereocenters. The zero-order chi connectivity index (χ0) is 16.0. The first-order valence-corrected chi connectivity index (χ1v) is 8.23. The molecule has 1 fully saturated rings. The van der Waals surface area contributed by atoms with Crippen LogP contribution in [0.2, 0.25) is 0 Å². The van der Waals surface area contributed by atoms with Crippen LogP contribution in [0.15, 0.2) is 21.1 Å². The van der Waals surface area contributed by atoms with Crippen molar-refractivity contribution in [1.29, 1.82) is 0 Å². The Bertz CT molecular complexity index is 1060. The molecule has 0 aliphatic heterocycles. The zero-order valence-corrected chi connectivity index (χ0v) is 13.0. The highest BCUT2D eigenvalue weighted by atomic mass is 32.2. The molecule has 1 aliphatic carbocycles. The van der Waals surface area contributed by atoms with E-state index in [0.29, 0.717) is 27.7 Å². The average molecular weight is 331 g/mol. The van der Waals surface area contributed by atoms with Gasteiger partial charge in [-0.25, -0.2) is 14.8 Å². The maximum atomic E-state index is 11.2. The first kappa shape index (κ1) is 14.0. The number of hydrogen-bond donors (Lipinski definition) is 3. The molecule has 0 radical (unpaired) electrons. The average Bonchev–Trinajstić information content (AvgIpc) is 3.16. The number of aromatic hydroxyl groups is 1. The fourth-order valence-corrected chi connectivity index (χ4v) is 2.50. The highest BCUT2D eigenvalue weighted by Crippen LogP contribution is 2.22. The Balaban J connectivity index is 1.98. The van der Waals surface area contributed by atoms with Crippen molar-refractivity contribution in [3.05, 3.63) is 33.2 Å². The summed E-state index contributed by atoms with van der Waals surface area (Å²) in [7, 11) is 0. The standard InChI is InChI=1S/C13H13N7O2S/c1-23-13-17-9-6(4-8-10(21)18-12(22)16-8)5-14-20(9)11(19-13)15-7-2-3-7/h4-5,7,21H,2-3H2,1H3,(H2,16,18,22). The second kappa shape index (κ2) is 5.23. The Morgan fingerprint density at radius 2 is 2.26 bits per heavy atom. The molecule has 10 heteroatoms. The van der Waals surface area contributed by atoms with E-state index in [2.05, 4.69) is 30.0 Å². The van der Waals surface area contributed by atoms with Crippen molar-refractivity contribution in [2.45, 2.75) is 24.0 Å². The largest absolute Gasteiger partial charge is 0.493 e. The minimum Gasteiger partial charge on any atom is -0.493 e. The van der Waals surface area contributed by atoms with Gasteiger partial charge in [0.2, 0.25) is 5.88 Å². The van der Waals surface area contributed by atoms with Gasteiger partial charge in [-0.05, 0) is 25.2 Å². The van der Waals surface area contributed by atoms with E-state index < -0.39 is 5.69 Å². The van der Waals surface area contributed by atoms with Gasteiger partial charge in [0.25, 0.3) is 5.62 Å². The lowest BCUT2D eigenvalue weighted by Crippen LogP contribution is -2.23. The Morgan fingerprint density at radius 3 is 2.91 bits per heavy atom. The quantitative estimate of drug-likeness (QED) is 0.539. The summed E-state index contributed by atoms with van der Waals surface area (Å²) in [6.45, 7) is 0. The van der Waals surface area contributed by atoms with E-state index in [9.17, 15) is 9.90 Å². The summed E-state index contributed by atoms with van der Waals surface area (Å²) in [5.41, 5.74) is 0.891. The third-order valence-corrected chi connectivity index (χ3v) is 3.97. The Labute approximate surface area is 133 Å². The summed E-state index contributed by atoms with van der Waals surface area (Å²) in [5.74, 6) is -0.226. The first-order chi connectivity index (χ1) is 11.1. The van der Waals surface area contributed by atoms with Crippen molar-refractivity contribution < 1.29 is 5.11 Å². The van der Waals surface area contributed by atoms with Crippen LogP contribution in [-0.2, 0) is 0 Å². The van der Waals surface area contributed by atoms with E-state index in [4.69, 9.17) is 0 Å². The van der Waals surface area contributed by atoms with E-state index in [0.717, 1.165) is 12.8 Å². The predicted molar refractivity (Wildman–Crippen MR) is 83.0 cm³/mol. The summed E-state index contributed by atoms with van der Waals surface area (Å²) < 4.78 is 1.58. The Kier molecular flexibility index (Phi) is 3.18. The van der Waals surface area contributed by atoms with E-state index in [1.54, 1.807) is 16.8 Å². The van der Waals surface area contributed by atoms with Crippen LogP contribution in [0.1, 0.15) is 18.5 Å². The zero-order valence-electron chi connectivity index (χ0n) is 12.1. The maximum absolute atomic E-state index is 11.2. The number of thioether (sulfide) groups is 1. The molecule has 9 nitrogen and oxygen atoms in total. The van der Waals surface area contributed by atoms with Gasteiger partial charge in [0.15, 0.2) is 10.8 Å². The van der Waals surface area contributed by atoms with Gasteiger partial charge in [-0.3, -0.25) is 4.98 Å². The van der Waals surface area contributed by atoms with Crippen LogP contribution in [0.5, 0.6) is 5.88 Å². The van der Waals surface area contributed by atoms with Crippen LogP contribution in [0.4, 0.5) is 0 Å². The molecule has 3 heterocycles. The van der Waals surface area contributed by atoms with E-state index >= 15 is 0 Å². The lowest BCUT2D eigenvalue weighted by atomic mass is 10.3. The summed E-state index contributed by atoms with van der Waals surface area (Å²) in [6, 6.07) is 0.310. The number of rotatable bonds is 3. The number of aromatic amines is 2. The van der Waals surface area contributed by atoms with Gasteiger partial charge in [-0.1, -0.05) is 11.8 Å². The molecule has 3 N–H and O–H groups in total. The molecule has 0 amide bonds. The van der Waals surface area contributed by atoms with Gasteiger partial charge in [-0.15, -0.1) is 0 Å². The monoisotopic (exact) mass is 331 g/mol. The van der Waals surface area contributed by atoms with Gasteiger partial charge in [0, 0.05) is 5.22 Å². The van der Waals surface area contributed by atoms with Crippen LogP contribution < -0.4 is 16.5 Å². The van der Waals surface area contributed by atoms with Crippen molar-refractivity contribution in [3.8, 4) is 5.88 Å². The Hall–Kier alpha value is -2.62. The van der Waals surface area contributed by atoms with Crippen molar-refractivity contribution >= 4 is 23.5 Å². The molecule has 0 spiro atoms. The van der Waals surface area contributed by atoms with E-state index in [1.807, 2.05) is 6.26 Å². The lowest BCUT2D eigenvalue weighted by molar-refractivity contribution is 0.454.